The fraction of sp³-hybridized carbons (Fsp3) is 0.346. The molecule has 1 aromatic carbocycles. The normalized spacial score (nSPS) is 14.0. The lowest BCUT2D eigenvalue weighted by molar-refractivity contribution is 0.0691. The van der Waals surface area contributed by atoms with Gasteiger partial charge in [-0.1, -0.05) is 19.9 Å². The average Bonchev–Trinajstić information content (AvgIpc) is 3.29. The summed E-state index contributed by atoms with van der Waals surface area (Å²) in [5, 5.41) is 15.6. The first-order valence-corrected chi connectivity index (χ1v) is 11.9. The second kappa shape index (κ2) is 9.54. The summed E-state index contributed by atoms with van der Waals surface area (Å²) in [6.45, 7) is 7.14. The Morgan fingerprint density at radius 3 is 2.42 bits per heavy atom. The number of aromatic carboxylic acids is 1. The van der Waals surface area contributed by atoms with Crippen LogP contribution in [0.4, 0.5) is 11.6 Å². The van der Waals surface area contributed by atoms with Gasteiger partial charge in [-0.3, -0.25) is 0 Å². The predicted molar refractivity (Wildman–Crippen MR) is 138 cm³/mol. The summed E-state index contributed by atoms with van der Waals surface area (Å²) >= 11 is 0. The zero-order valence-corrected chi connectivity index (χ0v) is 20.8. The van der Waals surface area contributed by atoms with Gasteiger partial charge in [0.2, 0.25) is 5.95 Å². The average molecular weight is 488 g/mol. The van der Waals surface area contributed by atoms with Crippen LogP contribution in [0.25, 0.3) is 27.8 Å². The van der Waals surface area contributed by atoms with E-state index in [-0.39, 0.29) is 11.6 Å². The molecule has 0 aliphatic carbocycles. The molecule has 1 N–H and O–H groups in total. The number of fused-ring (bicyclic) bond motifs is 1. The minimum Gasteiger partial charge on any atom is -0.477 e. The van der Waals surface area contributed by atoms with Gasteiger partial charge in [0.25, 0.3) is 0 Å². The zero-order valence-electron chi connectivity index (χ0n) is 20.8. The van der Waals surface area contributed by atoms with Crippen LogP contribution in [0.15, 0.2) is 42.7 Å². The quantitative estimate of drug-likeness (QED) is 0.436. The molecule has 5 rings (SSSR count). The molecule has 4 aromatic rings. The minimum atomic E-state index is -1.11. The molecule has 1 saturated heterocycles. The first-order valence-electron chi connectivity index (χ1n) is 11.9. The highest BCUT2D eigenvalue weighted by atomic mass is 16.5. The van der Waals surface area contributed by atoms with E-state index in [9.17, 15) is 9.90 Å². The van der Waals surface area contributed by atoms with Gasteiger partial charge in [-0.25, -0.2) is 24.4 Å². The SMILES string of the molecule is CC(C)c1nn(-c2cccc(N3CCOCC3)c2)c2nc(C(=O)O)cc(-c3cnc(N(C)C)nc3)c12. The Morgan fingerprint density at radius 1 is 1.08 bits per heavy atom. The Morgan fingerprint density at radius 2 is 1.78 bits per heavy atom. The summed E-state index contributed by atoms with van der Waals surface area (Å²) in [5.74, 6) is -0.457. The van der Waals surface area contributed by atoms with E-state index in [1.165, 1.54) is 0 Å². The molecule has 1 aliphatic heterocycles. The van der Waals surface area contributed by atoms with E-state index in [4.69, 9.17) is 9.84 Å². The second-order valence-electron chi connectivity index (χ2n) is 9.30. The van der Waals surface area contributed by atoms with Crippen molar-refractivity contribution in [3.05, 3.63) is 54.1 Å². The molecule has 1 aliphatic rings. The summed E-state index contributed by atoms with van der Waals surface area (Å²) in [7, 11) is 3.74. The molecule has 10 heteroatoms. The molecule has 186 valence electrons. The number of aromatic nitrogens is 5. The third-order valence-corrected chi connectivity index (χ3v) is 6.23. The molecular weight excluding hydrogens is 458 g/mol. The van der Waals surface area contributed by atoms with Gasteiger partial charge >= 0.3 is 5.97 Å². The fourth-order valence-electron chi connectivity index (χ4n) is 4.40. The molecule has 0 amide bonds. The number of rotatable bonds is 6. The molecule has 0 radical (unpaired) electrons. The summed E-state index contributed by atoms with van der Waals surface area (Å²) in [5.41, 5.74) is 4.54. The Bertz CT molecular complexity index is 1410. The number of morpholine rings is 1. The molecule has 4 heterocycles. The van der Waals surface area contributed by atoms with E-state index >= 15 is 0 Å². The number of hydrogen-bond acceptors (Lipinski definition) is 8. The maximum atomic E-state index is 12.1. The monoisotopic (exact) mass is 487 g/mol. The van der Waals surface area contributed by atoms with Gasteiger partial charge in [0, 0.05) is 56.4 Å². The molecule has 0 unspecified atom stereocenters. The van der Waals surface area contributed by atoms with E-state index in [1.807, 2.05) is 31.1 Å². The number of anilines is 2. The first kappa shape index (κ1) is 23.7. The first-order chi connectivity index (χ1) is 17.3. The molecular formula is C26H29N7O3. The lowest BCUT2D eigenvalue weighted by atomic mass is 9.99. The van der Waals surface area contributed by atoms with Crippen LogP contribution in [0, 0.1) is 0 Å². The molecule has 1 fully saturated rings. The van der Waals surface area contributed by atoms with Gasteiger partial charge in [0.05, 0.1) is 30.0 Å². The summed E-state index contributed by atoms with van der Waals surface area (Å²) in [4.78, 5) is 29.6. The highest BCUT2D eigenvalue weighted by Crippen LogP contribution is 2.35. The molecule has 0 bridgehead atoms. The van der Waals surface area contributed by atoms with Crippen molar-refractivity contribution in [3.63, 3.8) is 0 Å². The van der Waals surface area contributed by atoms with Crippen molar-refractivity contribution >= 4 is 28.6 Å². The van der Waals surface area contributed by atoms with Crippen LogP contribution in [0.3, 0.4) is 0 Å². The molecule has 36 heavy (non-hydrogen) atoms. The van der Waals surface area contributed by atoms with Gasteiger partial charge in [-0.15, -0.1) is 0 Å². The van der Waals surface area contributed by atoms with Gasteiger partial charge < -0.3 is 19.6 Å². The van der Waals surface area contributed by atoms with E-state index < -0.39 is 5.97 Å². The third kappa shape index (κ3) is 4.35. The number of hydrogen-bond donors (Lipinski definition) is 1. The van der Waals surface area contributed by atoms with Crippen LogP contribution in [0.1, 0.15) is 35.9 Å². The highest BCUT2D eigenvalue weighted by molar-refractivity contribution is 6.00. The maximum absolute atomic E-state index is 12.1. The summed E-state index contributed by atoms with van der Waals surface area (Å²) in [6.07, 6.45) is 3.42. The van der Waals surface area contributed by atoms with Crippen molar-refractivity contribution in [2.45, 2.75) is 19.8 Å². The third-order valence-electron chi connectivity index (χ3n) is 6.23. The molecule has 3 aromatic heterocycles. The van der Waals surface area contributed by atoms with Crippen molar-refractivity contribution in [1.29, 1.82) is 0 Å². The number of carbonyl (C=O) groups is 1. The number of pyridine rings is 1. The van der Waals surface area contributed by atoms with Crippen molar-refractivity contribution in [2.24, 2.45) is 0 Å². The lowest BCUT2D eigenvalue weighted by Crippen LogP contribution is -2.36. The molecule has 0 atom stereocenters. The number of benzene rings is 1. The highest BCUT2D eigenvalue weighted by Gasteiger charge is 2.24. The summed E-state index contributed by atoms with van der Waals surface area (Å²) < 4.78 is 7.25. The van der Waals surface area contributed by atoms with Gasteiger partial charge in [0.1, 0.15) is 0 Å². The topological polar surface area (TPSA) is 110 Å². The van der Waals surface area contributed by atoms with E-state index in [0.717, 1.165) is 35.5 Å². The molecule has 0 saturated carbocycles. The van der Waals surface area contributed by atoms with Crippen molar-refractivity contribution < 1.29 is 14.6 Å². The van der Waals surface area contributed by atoms with E-state index in [2.05, 4.69) is 45.8 Å². The summed E-state index contributed by atoms with van der Waals surface area (Å²) in [6, 6.07) is 9.66. The van der Waals surface area contributed by atoms with Crippen LogP contribution in [0.5, 0.6) is 0 Å². The number of ether oxygens (including phenoxy) is 1. The Balaban J connectivity index is 1.73. The number of carboxylic acid groups (broad SMARTS) is 1. The zero-order chi connectivity index (χ0) is 25.4. The van der Waals surface area contributed by atoms with Crippen LogP contribution >= 0.6 is 0 Å². The van der Waals surface area contributed by atoms with Crippen LogP contribution < -0.4 is 9.80 Å². The Labute approximate surface area is 209 Å². The van der Waals surface area contributed by atoms with Crippen LogP contribution in [-0.4, -0.2) is 76.2 Å². The van der Waals surface area contributed by atoms with Crippen molar-refractivity contribution in [1.82, 2.24) is 24.7 Å². The van der Waals surface area contributed by atoms with Gasteiger partial charge in [-0.2, -0.15) is 5.10 Å². The standard InChI is InChI=1S/C26H29N7O3/c1-16(2)23-22-20(17-14-27-26(28-15-17)31(3)4)13-21(25(34)35)29-24(22)33(30-23)19-7-5-6-18(12-19)32-8-10-36-11-9-32/h5-7,12-16H,8-11H2,1-4H3,(H,34,35). The minimum absolute atomic E-state index is 0.0602. The van der Waals surface area contributed by atoms with Gasteiger partial charge in [0.15, 0.2) is 11.3 Å². The number of nitrogens with zero attached hydrogens (tertiary/aromatic N) is 7. The largest absolute Gasteiger partial charge is 0.477 e. The predicted octanol–water partition coefficient (Wildman–Crippen LogP) is 3.60. The Hall–Kier alpha value is -4.05. The van der Waals surface area contributed by atoms with Crippen LogP contribution in [-0.2, 0) is 4.74 Å². The van der Waals surface area contributed by atoms with Crippen molar-refractivity contribution in [3.8, 4) is 16.8 Å². The lowest BCUT2D eigenvalue weighted by Gasteiger charge is -2.29. The smallest absolute Gasteiger partial charge is 0.354 e. The molecule has 10 nitrogen and oxygen atoms in total. The van der Waals surface area contributed by atoms with Crippen LogP contribution in [0.2, 0.25) is 0 Å². The molecule has 0 spiro atoms. The van der Waals surface area contributed by atoms with E-state index in [1.54, 1.807) is 23.1 Å². The van der Waals surface area contributed by atoms with Gasteiger partial charge in [-0.05, 0) is 30.2 Å². The van der Waals surface area contributed by atoms with E-state index in [0.29, 0.717) is 35.9 Å². The second-order valence-corrected chi connectivity index (χ2v) is 9.30. The Kier molecular flexibility index (Phi) is 6.27. The van der Waals surface area contributed by atoms with Crippen molar-refractivity contribution in [2.75, 3.05) is 50.2 Å². The fourth-order valence-corrected chi connectivity index (χ4v) is 4.40. The maximum Gasteiger partial charge on any atom is 0.354 e. The number of carboxylic acids is 1.